The van der Waals surface area contributed by atoms with Crippen LogP contribution in [-0.4, -0.2) is 60.4 Å². The van der Waals surface area contributed by atoms with Crippen molar-refractivity contribution in [2.24, 2.45) is 0 Å². The second-order valence-corrected chi connectivity index (χ2v) is 8.97. The van der Waals surface area contributed by atoms with Crippen molar-refractivity contribution in [2.45, 2.75) is 35.9 Å². The lowest BCUT2D eigenvalue weighted by atomic mass is 9.97. The Morgan fingerprint density at radius 1 is 1.27 bits per heavy atom. The SMILES string of the molecule is C[C@@]1(O)[C@H](O)[C@@H](CO)O[C@H]1n1cc2c3c4ccccc4c4c-3c(ncc2n1)NCS4. The molecule has 3 aliphatic heterocycles. The molecule has 1 fully saturated rings. The van der Waals surface area contributed by atoms with Crippen LogP contribution in [0.15, 0.2) is 41.6 Å². The summed E-state index contributed by atoms with van der Waals surface area (Å²) in [5.41, 5.74) is 1.17. The molecule has 0 amide bonds. The molecular formula is C21H20N4O4S. The van der Waals surface area contributed by atoms with E-state index >= 15 is 0 Å². The number of benzene rings is 1. The van der Waals surface area contributed by atoms with Crippen molar-refractivity contribution in [3.63, 3.8) is 0 Å². The fourth-order valence-electron chi connectivity index (χ4n) is 4.63. The Bertz CT molecular complexity index is 1270. The Morgan fingerprint density at radius 2 is 2.07 bits per heavy atom. The third kappa shape index (κ3) is 2.32. The van der Waals surface area contributed by atoms with E-state index in [9.17, 15) is 15.3 Å². The Kier molecular flexibility index (Phi) is 3.84. The maximum absolute atomic E-state index is 10.9. The van der Waals surface area contributed by atoms with Crippen molar-refractivity contribution in [2.75, 3.05) is 17.8 Å². The molecule has 1 aliphatic carbocycles. The number of ether oxygens (including phenoxy) is 1. The summed E-state index contributed by atoms with van der Waals surface area (Å²) >= 11 is 1.75. The first kappa shape index (κ1) is 18.3. The lowest BCUT2D eigenvalue weighted by molar-refractivity contribution is -0.102. The highest BCUT2D eigenvalue weighted by Crippen LogP contribution is 2.51. The van der Waals surface area contributed by atoms with E-state index in [2.05, 4.69) is 27.5 Å². The number of aliphatic hydroxyl groups is 3. The van der Waals surface area contributed by atoms with Crippen molar-refractivity contribution >= 4 is 39.3 Å². The van der Waals surface area contributed by atoms with Gasteiger partial charge in [0.15, 0.2) is 6.23 Å². The van der Waals surface area contributed by atoms with Gasteiger partial charge in [-0.2, -0.15) is 5.10 Å². The molecule has 1 aromatic heterocycles. The first-order valence-corrected chi connectivity index (χ1v) is 10.7. The van der Waals surface area contributed by atoms with Crippen molar-refractivity contribution in [1.82, 2.24) is 14.8 Å². The van der Waals surface area contributed by atoms with Gasteiger partial charge < -0.3 is 25.4 Å². The predicted molar refractivity (Wildman–Crippen MR) is 114 cm³/mol. The number of aliphatic hydroxyl groups excluding tert-OH is 2. The van der Waals surface area contributed by atoms with Crippen LogP contribution in [0.5, 0.6) is 0 Å². The highest BCUT2D eigenvalue weighted by Gasteiger charge is 2.53. The average Bonchev–Trinajstić information content (AvgIpc) is 3.34. The summed E-state index contributed by atoms with van der Waals surface area (Å²) in [6, 6.07) is 8.27. The minimum absolute atomic E-state index is 0.390. The van der Waals surface area contributed by atoms with Crippen LogP contribution < -0.4 is 5.32 Å². The van der Waals surface area contributed by atoms with Gasteiger partial charge in [0.25, 0.3) is 0 Å². The molecule has 6 rings (SSSR count). The van der Waals surface area contributed by atoms with Gasteiger partial charge in [-0.3, -0.25) is 0 Å². The van der Waals surface area contributed by atoms with Gasteiger partial charge in [0.1, 0.15) is 29.1 Å². The lowest BCUT2D eigenvalue weighted by Crippen LogP contribution is -2.44. The molecule has 0 spiro atoms. The Morgan fingerprint density at radius 3 is 2.83 bits per heavy atom. The Hall–Kier alpha value is -2.43. The molecule has 0 unspecified atom stereocenters. The molecule has 4 atom stereocenters. The smallest absolute Gasteiger partial charge is 0.181 e. The van der Waals surface area contributed by atoms with E-state index in [1.807, 2.05) is 18.3 Å². The maximum Gasteiger partial charge on any atom is 0.181 e. The van der Waals surface area contributed by atoms with Crippen molar-refractivity contribution in [1.29, 1.82) is 0 Å². The standard InChI is InChI=1S/C21H20N4O4S/c1-21(28)18(27)14(8-26)29-20(21)25-7-12-13(24-25)6-22-19-16-15(12)10-4-2-3-5-11(10)17(16)30-9-23-19/h2-7,14,18,20,23,26-28H,8-9H2,1H3/t14-,18-,20-,21-/m1/s1. The Labute approximate surface area is 175 Å². The summed E-state index contributed by atoms with van der Waals surface area (Å²) in [6.45, 7) is 1.10. The lowest BCUT2D eigenvalue weighted by Gasteiger charge is -2.26. The summed E-state index contributed by atoms with van der Waals surface area (Å²) in [6.07, 6.45) is 0.510. The largest absolute Gasteiger partial charge is 0.394 e. The first-order valence-electron chi connectivity index (χ1n) is 9.76. The first-order chi connectivity index (χ1) is 14.5. The third-order valence-corrected chi connectivity index (χ3v) is 7.13. The van der Waals surface area contributed by atoms with E-state index in [1.54, 1.807) is 18.0 Å². The number of nitrogens with zero attached hydrogens (tertiary/aromatic N) is 3. The fraction of sp³-hybridized carbons (Fsp3) is 0.333. The molecule has 4 heterocycles. The molecule has 1 saturated heterocycles. The van der Waals surface area contributed by atoms with Crippen molar-refractivity contribution < 1.29 is 20.1 Å². The zero-order chi connectivity index (χ0) is 20.6. The highest BCUT2D eigenvalue weighted by atomic mass is 32.2. The average molecular weight is 424 g/mol. The molecule has 1 aromatic carbocycles. The van der Waals surface area contributed by atoms with Crippen molar-refractivity contribution in [3.8, 4) is 11.1 Å². The van der Waals surface area contributed by atoms with Gasteiger partial charge >= 0.3 is 0 Å². The summed E-state index contributed by atoms with van der Waals surface area (Å²) in [7, 11) is 0. The minimum atomic E-state index is -1.60. The van der Waals surface area contributed by atoms with E-state index < -0.39 is 30.6 Å². The number of thioether (sulfide) groups is 1. The van der Waals surface area contributed by atoms with Gasteiger partial charge in [0, 0.05) is 27.6 Å². The van der Waals surface area contributed by atoms with Crippen LogP contribution in [0, 0.1) is 0 Å². The van der Waals surface area contributed by atoms with Crippen LogP contribution >= 0.6 is 11.8 Å². The highest BCUT2D eigenvalue weighted by molar-refractivity contribution is 7.99. The van der Waals surface area contributed by atoms with Crippen LogP contribution in [0.25, 0.3) is 32.8 Å². The number of nitrogens with one attached hydrogen (secondary N) is 1. The maximum atomic E-state index is 10.9. The van der Waals surface area contributed by atoms with E-state index in [1.165, 1.54) is 21.9 Å². The zero-order valence-electron chi connectivity index (χ0n) is 16.1. The van der Waals surface area contributed by atoms with Crippen molar-refractivity contribution in [3.05, 3.63) is 36.7 Å². The van der Waals surface area contributed by atoms with Crippen LogP contribution in [0.4, 0.5) is 5.82 Å². The molecular weight excluding hydrogens is 404 g/mol. The van der Waals surface area contributed by atoms with Gasteiger partial charge in [-0.25, -0.2) is 9.67 Å². The summed E-state index contributed by atoms with van der Waals surface area (Å²) in [5.74, 6) is 1.59. The second kappa shape index (κ2) is 6.29. The second-order valence-electron chi connectivity index (χ2n) is 7.99. The van der Waals surface area contributed by atoms with E-state index in [0.717, 1.165) is 33.6 Å². The van der Waals surface area contributed by atoms with Gasteiger partial charge in [0.05, 0.1) is 18.7 Å². The quantitative estimate of drug-likeness (QED) is 0.387. The van der Waals surface area contributed by atoms with Gasteiger partial charge in [0.2, 0.25) is 0 Å². The predicted octanol–water partition coefficient (Wildman–Crippen LogP) is 2.17. The van der Waals surface area contributed by atoms with Gasteiger partial charge in [-0.15, -0.1) is 11.8 Å². The van der Waals surface area contributed by atoms with Gasteiger partial charge in [-0.1, -0.05) is 24.3 Å². The molecule has 8 nitrogen and oxygen atoms in total. The fourth-order valence-corrected chi connectivity index (χ4v) is 5.66. The monoisotopic (exact) mass is 424 g/mol. The third-order valence-electron chi connectivity index (χ3n) is 6.13. The van der Waals surface area contributed by atoms with Gasteiger partial charge in [-0.05, 0) is 17.7 Å². The molecule has 0 radical (unpaired) electrons. The molecule has 9 heteroatoms. The minimum Gasteiger partial charge on any atom is -0.394 e. The summed E-state index contributed by atoms with van der Waals surface area (Å²) in [4.78, 5) is 5.85. The molecule has 4 aliphatic rings. The normalized spacial score (nSPS) is 28.5. The Balaban J connectivity index is 1.63. The number of hydrogen-bond donors (Lipinski definition) is 4. The molecule has 2 aromatic rings. The topological polar surface area (TPSA) is 113 Å². The number of anilines is 1. The summed E-state index contributed by atoms with van der Waals surface area (Å²) in [5, 5.41) is 41.9. The molecule has 0 saturated carbocycles. The van der Waals surface area contributed by atoms with E-state index in [4.69, 9.17) is 4.74 Å². The number of hydrogen-bond acceptors (Lipinski definition) is 8. The molecule has 4 N–H and O–H groups in total. The van der Waals surface area contributed by atoms with Crippen LogP contribution in [0.1, 0.15) is 13.2 Å². The number of rotatable bonds is 2. The number of fused-ring (bicyclic) bond motifs is 5. The molecule has 0 bridgehead atoms. The van der Waals surface area contributed by atoms with Crippen LogP contribution in [0.3, 0.4) is 0 Å². The summed E-state index contributed by atoms with van der Waals surface area (Å²) < 4.78 is 7.28. The molecule has 154 valence electrons. The van der Waals surface area contributed by atoms with Crippen LogP contribution in [0.2, 0.25) is 0 Å². The zero-order valence-corrected chi connectivity index (χ0v) is 16.9. The van der Waals surface area contributed by atoms with Crippen LogP contribution in [-0.2, 0) is 4.74 Å². The number of aromatic nitrogens is 3. The molecule has 30 heavy (non-hydrogen) atoms. The van der Waals surface area contributed by atoms with E-state index in [0.29, 0.717) is 5.52 Å². The van der Waals surface area contributed by atoms with E-state index in [-0.39, 0.29) is 0 Å².